The molecule has 4 nitrogen and oxygen atoms in total. The summed E-state index contributed by atoms with van der Waals surface area (Å²) in [6, 6.07) is 8.20. The molecule has 21 heavy (non-hydrogen) atoms. The van der Waals surface area contributed by atoms with Crippen molar-refractivity contribution in [3.8, 4) is 0 Å². The molecule has 1 fully saturated rings. The highest BCUT2D eigenvalue weighted by Crippen LogP contribution is 2.27. The summed E-state index contributed by atoms with van der Waals surface area (Å²) >= 11 is 1.69. The molecule has 2 heterocycles. The summed E-state index contributed by atoms with van der Waals surface area (Å²) in [5.74, 6) is -0.0883. The van der Waals surface area contributed by atoms with Crippen LogP contribution in [0.3, 0.4) is 0 Å². The fourth-order valence-electron chi connectivity index (χ4n) is 2.71. The number of hydrogen-bond donors (Lipinski definition) is 1. The molecular weight excluding hydrogens is 284 g/mol. The lowest BCUT2D eigenvalue weighted by Gasteiger charge is -2.28. The van der Waals surface area contributed by atoms with Crippen molar-refractivity contribution in [3.05, 3.63) is 35.2 Å². The molecule has 0 spiro atoms. The van der Waals surface area contributed by atoms with Crippen LogP contribution in [-0.2, 0) is 16.1 Å². The smallest absolute Gasteiger partial charge is 0.248 e. The van der Waals surface area contributed by atoms with E-state index in [2.05, 4.69) is 22.8 Å². The van der Waals surface area contributed by atoms with Gasteiger partial charge in [-0.2, -0.15) is 0 Å². The first-order valence-electron chi connectivity index (χ1n) is 7.03. The number of hydrogen-bond acceptors (Lipinski definition) is 3. The monoisotopic (exact) mass is 302 g/mol. The van der Waals surface area contributed by atoms with E-state index < -0.39 is 5.54 Å². The van der Waals surface area contributed by atoms with Crippen molar-refractivity contribution in [2.75, 3.05) is 6.54 Å². The quantitative estimate of drug-likeness (QED) is 0.927. The number of benzene rings is 1. The molecule has 1 aliphatic heterocycles. The number of nitrogens with one attached hydrogen (secondary N) is 1. The van der Waals surface area contributed by atoms with E-state index in [0.717, 1.165) is 5.56 Å². The van der Waals surface area contributed by atoms with E-state index in [4.69, 9.17) is 0 Å². The molecule has 0 atom stereocenters. The first kappa shape index (κ1) is 14.1. The molecule has 1 aromatic carbocycles. The van der Waals surface area contributed by atoms with Gasteiger partial charge in [0.1, 0.15) is 5.54 Å². The van der Waals surface area contributed by atoms with Crippen molar-refractivity contribution in [1.82, 2.24) is 10.2 Å². The van der Waals surface area contributed by atoms with Crippen LogP contribution < -0.4 is 5.32 Å². The molecule has 0 unspecified atom stereocenters. The van der Waals surface area contributed by atoms with Crippen molar-refractivity contribution in [2.24, 2.45) is 0 Å². The van der Waals surface area contributed by atoms with Crippen molar-refractivity contribution < 1.29 is 9.59 Å². The first-order chi connectivity index (χ1) is 9.97. The Kier molecular flexibility index (Phi) is 3.45. The van der Waals surface area contributed by atoms with Gasteiger partial charge < -0.3 is 10.2 Å². The maximum atomic E-state index is 12.6. The Morgan fingerprint density at radius 1 is 1.29 bits per heavy atom. The zero-order valence-corrected chi connectivity index (χ0v) is 13.0. The van der Waals surface area contributed by atoms with Gasteiger partial charge in [0.05, 0.1) is 0 Å². The van der Waals surface area contributed by atoms with Crippen molar-refractivity contribution >= 4 is 33.2 Å². The fraction of sp³-hybridized carbons (Fsp3) is 0.375. The molecular formula is C16H18N2O2S. The minimum Gasteiger partial charge on any atom is -0.342 e. The van der Waals surface area contributed by atoms with E-state index in [1.807, 2.05) is 12.1 Å². The van der Waals surface area contributed by atoms with Crippen LogP contribution in [0.2, 0.25) is 0 Å². The molecule has 110 valence electrons. The average molecular weight is 302 g/mol. The lowest BCUT2D eigenvalue weighted by atomic mass is 10.0. The van der Waals surface area contributed by atoms with Crippen molar-refractivity contribution in [1.29, 1.82) is 0 Å². The molecule has 0 radical (unpaired) electrons. The minimum absolute atomic E-state index is 0.0244. The Labute approximate surface area is 127 Å². The van der Waals surface area contributed by atoms with Gasteiger partial charge in [-0.3, -0.25) is 9.59 Å². The Balaban J connectivity index is 1.89. The lowest BCUT2D eigenvalue weighted by molar-refractivity contribution is -0.137. The molecule has 1 aliphatic rings. The highest BCUT2D eigenvalue weighted by Gasteiger charge is 2.36. The third-order valence-electron chi connectivity index (χ3n) is 3.80. The van der Waals surface area contributed by atoms with Gasteiger partial charge in [-0.05, 0) is 36.2 Å². The number of thiophene rings is 1. The molecule has 0 aliphatic carbocycles. The molecule has 1 saturated heterocycles. The van der Waals surface area contributed by atoms with Crippen LogP contribution in [0.5, 0.6) is 0 Å². The summed E-state index contributed by atoms with van der Waals surface area (Å²) < 4.78 is 1.23. The normalized spacial score (nSPS) is 18.7. The molecule has 3 rings (SSSR count). The van der Waals surface area contributed by atoms with E-state index in [9.17, 15) is 9.59 Å². The van der Waals surface area contributed by atoms with Gasteiger partial charge in [0, 0.05) is 24.2 Å². The summed E-state index contributed by atoms with van der Waals surface area (Å²) in [6.45, 7) is 4.55. The molecule has 2 amide bonds. The van der Waals surface area contributed by atoms with Crippen LogP contribution in [0.4, 0.5) is 0 Å². The molecule has 0 saturated carbocycles. The van der Waals surface area contributed by atoms with E-state index in [-0.39, 0.29) is 11.8 Å². The topological polar surface area (TPSA) is 49.4 Å². The van der Waals surface area contributed by atoms with Crippen molar-refractivity contribution in [2.45, 2.75) is 32.4 Å². The highest BCUT2D eigenvalue weighted by atomic mass is 32.1. The van der Waals surface area contributed by atoms with Gasteiger partial charge in [-0.1, -0.05) is 18.2 Å². The van der Waals surface area contributed by atoms with Gasteiger partial charge in [-0.25, -0.2) is 0 Å². The lowest BCUT2D eigenvalue weighted by Crippen LogP contribution is -2.52. The van der Waals surface area contributed by atoms with Crippen LogP contribution in [0.15, 0.2) is 29.6 Å². The third kappa shape index (κ3) is 2.65. The number of carbonyl (C=O) groups excluding carboxylic acids is 2. The minimum atomic E-state index is -0.834. The molecule has 5 heteroatoms. The van der Waals surface area contributed by atoms with Crippen LogP contribution in [0.25, 0.3) is 10.1 Å². The Hall–Kier alpha value is -1.88. The van der Waals surface area contributed by atoms with E-state index in [1.54, 1.807) is 30.1 Å². The van der Waals surface area contributed by atoms with E-state index >= 15 is 0 Å². The Morgan fingerprint density at radius 2 is 2.05 bits per heavy atom. The SMILES string of the molecule is CC1(C)NC(=O)CCN(Cc2csc3ccccc23)C1=O. The summed E-state index contributed by atoms with van der Waals surface area (Å²) in [7, 11) is 0. The number of rotatable bonds is 2. The standard InChI is InChI=1S/C16H18N2O2S/c1-16(2)15(20)18(8-7-14(19)17-16)9-11-10-21-13-6-4-3-5-12(11)13/h3-6,10H,7-9H2,1-2H3,(H,17,19). The molecule has 2 aromatic rings. The summed E-state index contributed by atoms with van der Waals surface area (Å²) in [4.78, 5) is 26.1. The predicted octanol–water partition coefficient (Wildman–Crippen LogP) is 2.53. The molecule has 1 N–H and O–H groups in total. The van der Waals surface area contributed by atoms with Gasteiger partial charge in [0.15, 0.2) is 0 Å². The number of fused-ring (bicyclic) bond motifs is 1. The fourth-order valence-corrected chi connectivity index (χ4v) is 3.66. The zero-order valence-electron chi connectivity index (χ0n) is 12.2. The largest absolute Gasteiger partial charge is 0.342 e. The van der Waals surface area contributed by atoms with Gasteiger partial charge in [0.25, 0.3) is 0 Å². The zero-order chi connectivity index (χ0) is 15.0. The van der Waals surface area contributed by atoms with Crippen molar-refractivity contribution in [3.63, 3.8) is 0 Å². The van der Waals surface area contributed by atoms with Crippen LogP contribution >= 0.6 is 11.3 Å². The summed E-state index contributed by atoms with van der Waals surface area (Å²) in [6.07, 6.45) is 0.358. The van der Waals surface area contributed by atoms with Crippen LogP contribution in [-0.4, -0.2) is 28.8 Å². The first-order valence-corrected chi connectivity index (χ1v) is 7.91. The summed E-state index contributed by atoms with van der Waals surface area (Å²) in [5.41, 5.74) is 0.313. The second kappa shape index (κ2) is 5.15. The molecule has 1 aromatic heterocycles. The maximum Gasteiger partial charge on any atom is 0.248 e. The third-order valence-corrected chi connectivity index (χ3v) is 4.82. The van der Waals surface area contributed by atoms with Gasteiger partial charge >= 0.3 is 0 Å². The maximum absolute atomic E-state index is 12.6. The van der Waals surface area contributed by atoms with E-state index in [1.165, 1.54) is 10.1 Å². The highest BCUT2D eigenvalue weighted by molar-refractivity contribution is 7.17. The van der Waals surface area contributed by atoms with Gasteiger partial charge in [-0.15, -0.1) is 11.3 Å². The second-order valence-corrected chi connectivity index (χ2v) is 6.82. The summed E-state index contributed by atoms with van der Waals surface area (Å²) in [5, 5.41) is 6.08. The van der Waals surface area contributed by atoms with E-state index in [0.29, 0.717) is 19.5 Å². The number of nitrogens with zero attached hydrogens (tertiary/aromatic N) is 1. The number of amides is 2. The second-order valence-electron chi connectivity index (χ2n) is 5.91. The average Bonchev–Trinajstić information content (AvgIpc) is 2.81. The molecule has 0 bridgehead atoms. The van der Waals surface area contributed by atoms with Crippen LogP contribution in [0.1, 0.15) is 25.8 Å². The Morgan fingerprint density at radius 3 is 2.86 bits per heavy atom. The Bertz CT molecular complexity index is 705. The number of carbonyl (C=O) groups is 2. The predicted molar refractivity (Wildman–Crippen MR) is 84.1 cm³/mol. The van der Waals surface area contributed by atoms with Crippen LogP contribution in [0, 0.1) is 0 Å². The van der Waals surface area contributed by atoms with Gasteiger partial charge in [0.2, 0.25) is 11.8 Å².